The van der Waals surface area contributed by atoms with Gasteiger partial charge in [-0.1, -0.05) is 13.8 Å². The molecule has 1 aliphatic heterocycles. The molecule has 0 aromatic heterocycles. The van der Waals surface area contributed by atoms with Crippen LogP contribution >= 0.6 is 0 Å². The Morgan fingerprint density at radius 1 is 1.53 bits per heavy atom. The van der Waals surface area contributed by atoms with Gasteiger partial charge in [0.1, 0.15) is 0 Å². The second-order valence-electron chi connectivity index (χ2n) is 6.13. The predicted octanol–water partition coefficient (Wildman–Crippen LogP) is 3.25. The first-order chi connectivity index (χ1) is 9.00. The first-order valence-corrected chi connectivity index (χ1v) is 7.20. The Morgan fingerprint density at radius 3 is 2.89 bits per heavy atom. The summed E-state index contributed by atoms with van der Waals surface area (Å²) in [6.45, 7) is 7.51. The monoisotopic (exact) mass is 264 g/mol. The van der Waals surface area contributed by atoms with Gasteiger partial charge in [0.2, 0.25) is 0 Å². The minimum Gasteiger partial charge on any atom is -0.353 e. The van der Waals surface area contributed by atoms with Gasteiger partial charge in [-0.2, -0.15) is 0 Å². The molecule has 19 heavy (non-hydrogen) atoms. The Bertz CT molecular complexity index is 396. The van der Waals surface area contributed by atoms with Crippen molar-refractivity contribution in [3.8, 4) is 0 Å². The Labute approximate surface area is 115 Å². The molecule has 2 fully saturated rings. The van der Waals surface area contributed by atoms with E-state index in [9.17, 15) is 4.79 Å². The molecular formula is C16H24O3. The number of carbonyl (C=O) groups excluding carboxylic acids is 1. The highest BCUT2D eigenvalue weighted by Gasteiger charge is 2.43. The molecule has 0 spiro atoms. The standard InChI is InChI=1S/C16H24O3/c1-12(17)7-8-13-10-14(16(13,2)3)11-19-15-6-4-5-9-18-15/h7,14-15H,4-6,9-11H2,1-3H3. The van der Waals surface area contributed by atoms with Crippen LogP contribution in [0.25, 0.3) is 0 Å². The molecule has 2 aliphatic rings. The molecule has 2 unspecified atom stereocenters. The molecule has 0 amide bonds. The molecule has 1 heterocycles. The van der Waals surface area contributed by atoms with Crippen molar-refractivity contribution in [1.82, 2.24) is 0 Å². The average Bonchev–Trinajstić information content (AvgIpc) is 2.37. The maximum absolute atomic E-state index is 10.9. The minimum atomic E-state index is -0.00894. The molecule has 0 aromatic carbocycles. The number of ether oxygens (including phenoxy) is 2. The normalized spacial score (nSPS) is 29.3. The van der Waals surface area contributed by atoms with E-state index in [2.05, 4.69) is 19.6 Å². The molecule has 1 aliphatic carbocycles. The number of rotatable bonds is 4. The number of hydrogen-bond acceptors (Lipinski definition) is 3. The van der Waals surface area contributed by atoms with Crippen LogP contribution in [0.15, 0.2) is 17.4 Å². The van der Waals surface area contributed by atoms with Crippen LogP contribution in [0.2, 0.25) is 0 Å². The Balaban J connectivity index is 1.84. The summed E-state index contributed by atoms with van der Waals surface area (Å²) in [5.41, 5.74) is 4.44. The van der Waals surface area contributed by atoms with Crippen LogP contribution in [0.3, 0.4) is 0 Å². The van der Waals surface area contributed by atoms with Crippen molar-refractivity contribution in [3.63, 3.8) is 0 Å². The third-order valence-electron chi connectivity index (χ3n) is 4.32. The van der Waals surface area contributed by atoms with Crippen LogP contribution in [-0.2, 0) is 14.3 Å². The average molecular weight is 264 g/mol. The van der Waals surface area contributed by atoms with Crippen molar-refractivity contribution < 1.29 is 14.3 Å². The Kier molecular flexibility index (Phi) is 4.62. The van der Waals surface area contributed by atoms with Crippen LogP contribution < -0.4 is 0 Å². The van der Waals surface area contributed by atoms with E-state index in [1.165, 1.54) is 12.0 Å². The fraction of sp³-hybridized carbons (Fsp3) is 0.750. The van der Waals surface area contributed by atoms with E-state index in [0.717, 1.165) is 32.5 Å². The maximum Gasteiger partial charge on any atom is 0.160 e. The summed E-state index contributed by atoms with van der Waals surface area (Å²) in [5.74, 6) is 0.555. The summed E-state index contributed by atoms with van der Waals surface area (Å²) >= 11 is 0. The molecule has 1 saturated heterocycles. The molecule has 0 N–H and O–H groups in total. The van der Waals surface area contributed by atoms with Crippen molar-refractivity contribution in [2.45, 2.75) is 52.7 Å². The first kappa shape index (κ1) is 14.5. The maximum atomic E-state index is 10.9. The molecule has 0 bridgehead atoms. The lowest BCUT2D eigenvalue weighted by atomic mass is 9.59. The topological polar surface area (TPSA) is 35.5 Å². The van der Waals surface area contributed by atoms with E-state index in [-0.39, 0.29) is 17.5 Å². The third kappa shape index (κ3) is 3.56. The Morgan fingerprint density at radius 2 is 2.32 bits per heavy atom. The van der Waals surface area contributed by atoms with Crippen molar-refractivity contribution in [2.75, 3.05) is 13.2 Å². The minimum absolute atomic E-state index is 0.00894. The number of carbonyl (C=O) groups is 1. The van der Waals surface area contributed by atoms with Crippen LogP contribution in [0.4, 0.5) is 0 Å². The number of ketones is 1. The van der Waals surface area contributed by atoms with E-state index in [0.29, 0.717) is 5.92 Å². The van der Waals surface area contributed by atoms with Crippen LogP contribution in [0, 0.1) is 11.3 Å². The molecule has 106 valence electrons. The quantitative estimate of drug-likeness (QED) is 0.577. The summed E-state index contributed by atoms with van der Waals surface area (Å²) in [4.78, 5) is 10.9. The zero-order chi connectivity index (χ0) is 13.9. The lowest BCUT2D eigenvalue weighted by Crippen LogP contribution is -2.41. The van der Waals surface area contributed by atoms with Gasteiger partial charge in [-0.25, -0.2) is 0 Å². The molecule has 0 radical (unpaired) electrons. The molecule has 3 nitrogen and oxygen atoms in total. The van der Waals surface area contributed by atoms with Gasteiger partial charge >= 0.3 is 0 Å². The summed E-state index contributed by atoms with van der Waals surface area (Å²) in [6, 6.07) is 0. The predicted molar refractivity (Wildman–Crippen MR) is 73.7 cm³/mol. The van der Waals surface area contributed by atoms with Gasteiger partial charge in [0.15, 0.2) is 12.1 Å². The summed E-state index contributed by atoms with van der Waals surface area (Å²) in [5, 5.41) is 0. The summed E-state index contributed by atoms with van der Waals surface area (Å²) in [6.07, 6.45) is 5.87. The van der Waals surface area contributed by atoms with E-state index in [1.54, 1.807) is 13.0 Å². The lowest BCUT2D eigenvalue weighted by molar-refractivity contribution is -0.177. The highest BCUT2D eigenvalue weighted by atomic mass is 16.7. The van der Waals surface area contributed by atoms with Crippen LogP contribution in [-0.4, -0.2) is 25.3 Å². The fourth-order valence-corrected chi connectivity index (χ4v) is 2.65. The van der Waals surface area contributed by atoms with E-state index >= 15 is 0 Å². The van der Waals surface area contributed by atoms with Crippen molar-refractivity contribution in [3.05, 3.63) is 17.4 Å². The molecule has 2 rings (SSSR count). The summed E-state index contributed by atoms with van der Waals surface area (Å²) < 4.78 is 11.4. The van der Waals surface area contributed by atoms with Crippen molar-refractivity contribution in [2.24, 2.45) is 11.3 Å². The Hall–Kier alpha value is -0.890. The van der Waals surface area contributed by atoms with Crippen LogP contribution in [0.1, 0.15) is 46.5 Å². The fourth-order valence-electron chi connectivity index (χ4n) is 2.65. The molecule has 1 saturated carbocycles. The van der Waals surface area contributed by atoms with Gasteiger partial charge in [-0.3, -0.25) is 4.79 Å². The van der Waals surface area contributed by atoms with Gasteiger partial charge in [0.25, 0.3) is 0 Å². The van der Waals surface area contributed by atoms with Crippen molar-refractivity contribution >= 4 is 5.78 Å². The number of allylic oxidation sites excluding steroid dienone is 1. The SMILES string of the molecule is CC(=O)C=C=C1CC(COC2CCCCO2)C1(C)C. The number of hydrogen-bond donors (Lipinski definition) is 0. The second kappa shape index (κ2) is 6.04. The third-order valence-corrected chi connectivity index (χ3v) is 4.32. The van der Waals surface area contributed by atoms with Gasteiger partial charge in [-0.15, -0.1) is 5.73 Å². The zero-order valence-electron chi connectivity index (χ0n) is 12.2. The first-order valence-electron chi connectivity index (χ1n) is 7.20. The highest BCUT2D eigenvalue weighted by molar-refractivity contribution is 5.87. The smallest absolute Gasteiger partial charge is 0.160 e. The lowest BCUT2D eigenvalue weighted by Gasteiger charge is -2.46. The zero-order valence-corrected chi connectivity index (χ0v) is 12.2. The van der Waals surface area contributed by atoms with Gasteiger partial charge in [0.05, 0.1) is 6.61 Å². The summed E-state index contributed by atoms with van der Waals surface area (Å²) in [7, 11) is 0. The van der Waals surface area contributed by atoms with E-state index in [1.807, 2.05) is 0 Å². The van der Waals surface area contributed by atoms with Gasteiger partial charge in [0, 0.05) is 12.7 Å². The highest BCUT2D eigenvalue weighted by Crippen LogP contribution is 2.50. The van der Waals surface area contributed by atoms with Gasteiger partial charge in [-0.05, 0) is 49.5 Å². The second-order valence-corrected chi connectivity index (χ2v) is 6.13. The van der Waals surface area contributed by atoms with Gasteiger partial charge < -0.3 is 9.47 Å². The largest absolute Gasteiger partial charge is 0.353 e. The molecular weight excluding hydrogens is 240 g/mol. The molecule has 0 aromatic rings. The van der Waals surface area contributed by atoms with Crippen LogP contribution in [0.5, 0.6) is 0 Å². The molecule has 3 heteroatoms. The van der Waals surface area contributed by atoms with E-state index in [4.69, 9.17) is 9.47 Å². The van der Waals surface area contributed by atoms with E-state index < -0.39 is 0 Å². The van der Waals surface area contributed by atoms with Crippen molar-refractivity contribution in [1.29, 1.82) is 0 Å². The molecule has 2 atom stereocenters.